The van der Waals surface area contributed by atoms with E-state index in [1.807, 2.05) is 0 Å². The lowest BCUT2D eigenvalue weighted by Crippen LogP contribution is -2.37. The fourth-order valence-electron chi connectivity index (χ4n) is 1.48. The van der Waals surface area contributed by atoms with Crippen LogP contribution in [0.3, 0.4) is 0 Å². The van der Waals surface area contributed by atoms with E-state index in [0.29, 0.717) is 10.7 Å². The summed E-state index contributed by atoms with van der Waals surface area (Å²) < 4.78 is 0. The highest BCUT2D eigenvalue weighted by molar-refractivity contribution is 6.34. The molecule has 0 saturated heterocycles. The van der Waals surface area contributed by atoms with Gasteiger partial charge in [-0.1, -0.05) is 11.6 Å². The van der Waals surface area contributed by atoms with Gasteiger partial charge in [-0.3, -0.25) is 9.59 Å². The van der Waals surface area contributed by atoms with Crippen LogP contribution in [0.5, 0.6) is 0 Å². The first kappa shape index (κ1) is 12.7. The van der Waals surface area contributed by atoms with E-state index in [1.54, 1.807) is 12.1 Å². The number of nitrogens with two attached hydrogens (primary N) is 1. The molecule has 6 heteroatoms. The van der Waals surface area contributed by atoms with Crippen molar-refractivity contribution in [3.63, 3.8) is 0 Å². The van der Waals surface area contributed by atoms with Gasteiger partial charge in [0.2, 0.25) is 5.91 Å². The highest BCUT2D eigenvalue weighted by Gasteiger charge is 2.23. The van der Waals surface area contributed by atoms with Crippen LogP contribution in [0.4, 0.5) is 5.69 Å². The van der Waals surface area contributed by atoms with Gasteiger partial charge in [0.15, 0.2) is 0 Å². The van der Waals surface area contributed by atoms with Gasteiger partial charge in [-0.15, -0.1) is 0 Å². The van der Waals surface area contributed by atoms with Crippen LogP contribution in [-0.2, 0) is 4.79 Å². The van der Waals surface area contributed by atoms with Gasteiger partial charge in [-0.2, -0.15) is 0 Å². The van der Waals surface area contributed by atoms with E-state index in [1.165, 1.54) is 6.07 Å². The second-order valence-corrected chi connectivity index (χ2v) is 4.67. The van der Waals surface area contributed by atoms with Gasteiger partial charge in [-0.05, 0) is 31.0 Å². The minimum Gasteiger partial charge on any atom is -0.399 e. The molecule has 0 bridgehead atoms. The highest BCUT2D eigenvalue weighted by atomic mass is 35.5. The van der Waals surface area contributed by atoms with Crippen molar-refractivity contribution in [2.45, 2.75) is 18.9 Å². The Hall–Kier alpha value is -1.75. The van der Waals surface area contributed by atoms with Crippen molar-refractivity contribution in [3.05, 3.63) is 28.8 Å². The number of nitrogens with one attached hydrogen (secondary N) is 2. The molecule has 1 aromatic rings. The molecule has 4 N–H and O–H groups in total. The number of amides is 2. The van der Waals surface area contributed by atoms with E-state index in [0.717, 1.165) is 12.8 Å². The largest absolute Gasteiger partial charge is 0.399 e. The summed E-state index contributed by atoms with van der Waals surface area (Å²) in [7, 11) is 0. The number of benzene rings is 1. The van der Waals surface area contributed by atoms with Gasteiger partial charge in [0.05, 0.1) is 17.1 Å². The van der Waals surface area contributed by atoms with E-state index < -0.39 is 5.91 Å². The standard InChI is InChI=1S/C12H14ClN3O2/c13-10-4-1-7(14)5-9(10)12(18)15-6-11(17)16-8-2-3-8/h1,4-5,8H,2-3,6,14H2,(H,15,18)(H,16,17). The van der Waals surface area contributed by atoms with Crippen molar-refractivity contribution in [1.82, 2.24) is 10.6 Å². The van der Waals surface area contributed by atoms with Crippen molar-refractivity contribution in [1.29, 1.82) is 0 Å². The molecule has 0 radical (unpaired) electrons. The molecule has 0 aliphatic heterocycles. The second kappa shape index (κ2) is 5.27. The van der Waals surface area contributed by atoms with Crippen LogP contribution in [0.15, 0.2) is 18.2 Å². The molecule has 1 fully saturated rings. The molecule has 0 aromatic heterocycles. The van der Waals surface area contributed by atoms with E-state index in [-0.39, 0.29) is 24.1 Å². The van der Waals surface area contributed by atoms with Crippen molar-refractivity contribution < 1.29 is 9.59 Å². The molecule has 1 aliphatic carbocycles. The summed E-state index contributed by atoms with van der Waals surface area (Å²) in [5.41, 5.74) is 6.30. The Labute approximate surface area is 110 Å². The zero-order chi connectivity index (χ0) is 13.1. The third-order valence-corrected chi connectivity index (χ3v) is 2.92. The van der Waals surface area contributed by atoms with Gasteiger partial charge >= 0.3 is 0 Å². The summed E-state index contributed by atoms with van der Waals surface area (Å²) in [6, 6.07) is 4.93. The first-order valence-corrected chi connectivity index (χ1v) is 6.06. The number of carbonyl (C=O) groups is 2. The predicted octanol–water partition coefficient (Wildman–Crippen LogP) is 0.931. The van der Waals surface area contributed by atoms with Crippen LogP contribution in [0, 0.1) is 0 Å². The zero-order valence-electron chi connectivity index (χ0n) is 9.70. The fraction of sp³-hybridized carbons (Fsp3) is 0.333. The number of nitrogen functional groups attached to an aromatic ring is 1. The minimum atomic E-state index is -0.404. The van der Waals surface area contributed by atoms with Crippen LogP contribution < -0.4 is 16.4 Å². The Kier molecular flexibility index (Phi) is 3.72. The van der Waals surface area contributed by atoms with Gasteiger partial charge in [0.1, 0.15) is 0 Å². The Balaban J connectivity index is 1.90. The molecule has 1 aliphatic rings. The Morgan fingerprint density at radius 2 is 2.11 bits per heavy atom. The van der Waals surface area contributed by atoms with Crippen LogP contribution in [0.2, 0.25) is 5.02 Å². The second-order valence-electron chi connectivity index (χ2n) is 4.26. The molecule has 2 rings (SSSR count). The van der Waals surface area contributed by atoms with E-state index in [2.05, 4.69) is 10.6 Å². The lowest BCUT2D eigenvalue weighted by molar-refractivity contribution is -0.120. The van der Waals surface area contributed by atoms with Crippen LogP contribution in [-0.4, -0.2) is 24.4 Å². The molecule has 5 nitrogen and oxygen atoms in total. The Morgan fingerprint density at radius 1 is 1.39 bits per heavy atom. The lowest BCUT2D eigenvalue weighted by Gasteiger charge is -2.07. The average Bonchev–Trinajstić information content (AvgIpc) is 3.13. The Bertz CT molecular complexity index is 486. The number of carbonyl (C=O) groups excluding carboxylic acids is 2. The third kappa shape index (κ3) is 3.37. The summed E-state index contributed by atoms with van der Waals surface area (Å²) in [6.07, 6.45) is 2.03. The van der Waals surface area contributed by atoms with E-state index in [9.17, 15) is 9.59 Å². The molecule has 2 amide bonds. The van der Waals surface area contributed by atoms with Crippen molar-refractivity contribution in [2.75, 3.05) is 12.3 Å². The SMILES string of the molecule is Nc1ccc(Cl)c(C(=O)NCC(=O)NC2CC2)c1. The van der Waals surface area contributed by atoms with Crippen LogP contribution in [0.25, 0.3) is 0 Å². The maximum absolute atomic E-state index is 11.8. The van der Waals surface area contributed by atoms with E-state index >= 15 is 0 Å². The van der Waals surface area contributed by atoms with Gasteiger partial charge < -0.3 is 16.4 Å². The molecule has 96 valence electrons. The number of hydrogen-bond acceptors (Lipinski definition) is 3. The summed E-state index contributed by atoms with van der Waals surface area (Å²) in [4.78, 5) is 23.2. The van der Waals surface area contributed by atoms with Crippen molar-refractivity contribution >= 4 is 29.1 Å². The third-order valence-electron chi connectivity index (χ3n) is 2.59. The topological polar surface area (TPSA) is 84.2 Å². The normalized spacial score (nSPS) is 14.1. The molecule has 0 heterocycles. The Morgan fingerprint density at radius 3 is 2.78 bits per heavy atom. The molecular weight excluding hydrogens is 254 g/mol. The van der Waals surface area contributed by atoms with Gasteiger partial charge in [-0.25, -0.2) is 0 Å². The summed E-state index contributed by atoms with van der Waals surface area (Å²) in [5, 5.41) is 5.59. The van der Waals surface area contributed by atoms with Crippen molar-refractivity contribution in [3.8, 4) is 0 Å². The van der Waals surface area contributed by atoms with Crippen LogP contribution in [0.1, 0.15) is 23.2 Å². The van der Waals surface area contributed by atoms with Gasteiger partial charge in [0, 0.05) is 11.7 Å². The van der Waals surface area contributed by atoms with Crippen LogP contribution >= 0.6 is 11.6 Å². The number of halogens is 1. The quantitative estimate of drug-likeness (QED) is 0.710. The first-order valence-electron chi connectivity index (χ1n) is 5.69. The average molecular weight is 268 g/mol. The molecule has 0 spiro atoms. The maximum atomic E-state index is 11.8. The summed E-state index contributed by atoms with van der Waals surface area (Å²) in [5.74, 6) is -0.593. The molecule has 0 unspecified atom stereocenters. The highest BCUT2D eigenvalue weighted by Crippen LogP contribution is 2.19. The van der Waals surface area contributed by atoms with Crippen molar-refractivity contribution in [2.24, 2.45) is 0 Å². The van der Waals surface area contributed by atoms with Gasteiger partial charge in [0.25, 0.3) is 5.91 Å². The number of hydrogen-bond donors (Lipinski definition) is 3. The predicted molar refractivity (Wildman–Crippen MR) is 69.4 cm³/mol. The lowest BCUT2D eigenvalue weighted by atomic mass is 10.2. The number of anilines is 1. The number of rotatable bonds is 4. The molecule has 1 aromatic carbocycles. The monoisotopic (exact) mass is 267 g/mol. The smallest absolute Gasteiger partial charge is 0.253 e. The molecule has 18 heavy (non-hydrogen) atoms. The summed E-state index contributed by atoms with van der Waals surface area (Å²) in [6.45, 7) is -0.0551. The molecule has 1 saturated carbocycles. The fourth-order valence-corrected chi connectivity index (χ4v) is 1.68. The summed E-state index contributed by atoms with van der Waals surface area (Å²) >= 11 is 5.88. The first-order chi connectivity index (χ1) is 8.56. The van der Waals surface area contributed by atoms with E-state index in [4.69, 9.17) is 17.3 Å². The molecular formula is C12H14ClN3O2. The maximum Gasteiger partial charge on any atom is 0.253 e. The molecule has 0 atom stereocenters. The zero-order valence-corrected chi connectivity index (χ0v) is 10.5. The minimum absolute atomic E-state index is 0.0551.